The molecule has 6 aromatic rings. The zero-order valence-corrected chi connectivity index (χ0v) is 28.9. The van der Waals surface area contributed by atoms with E-state index in [1.165, 1.54) is 43.2 Å². The van der Waals surface area contributed by atoms with Crippen LogP contribution in [0.5, 0.6) is 0 Å². The smallest absolute Gasteiger partial charge is 0.102 e. The van der Waals surface area contributed by atoms with Crippen LogP contribution in [0, 0.1) is 28.5 Å². The molecule has 4 bridgehead atoms. The number of benzene rings is 6. The van der Waals surface area contributed by atoms with E-state index in [-0.39, 0.29) is 5.41 Å². The highest BCUT2D eigenvalue weighted by molar-refractivity contribution is 7.92. The quantitative estimate of drug-likeness (QED) is 0.199. The first-order valence-electron chi connectivity index (χ1n) is 18.1. The lowest BCUT2D eigenvalue weighted by Gasteiger charge is -2.63. The van der Waals surface area contributed by atoms with Crippen LogP contribution in [0.25, 0.3) is 22.3 Å². The standard InChI is InChI=1S/C46H40N2OS/c47-50(49)44-18-10-8-16-41(44)46(36-26-31-25-32(28-36)29-37(46)27-31)42-24-23-39(30-45(42)50)48(38-21-19-34(20-22-38)33-11-3-1-4-12-33)43-17-9-7-15-40(43)35-13-5-2-6-14-35/h1-24,30-32,36-37,47H,25-29H2. The number of para-hydroxylation sites is 1. The van der Waals surface area contributed by atoms with Gasteiger partial charge in [0.2, 0.25) is 0 Å². The van der Waals surface area contributed by atoms with Crippen molar-refractivity contribution in [2.24, 2.45) is 23.7 Å². The second-order valence-corrected chi connectivity index (χ2v) is 17.0. The Morgan fingerprint density at radius 2 is 1.06 bits per heavy atom. The highest BCUT2D eigenvalue weighted by atomic mass is 32.2. The van der Waals surface area contributed by atoms with Crippen molar-refractivity contribution in [2.75, 3.05) is 4.90 Å². The van der Waals surface area contributed by atoms with E-state index in [9.17, 15) is 4.78 Å². The minimum absolute atomic E-state index is 0.177. The van der Waals surface area contributed by atoms with Crippen molar-refractivity contribution in [3.63, 3.8) is 0 Å². The molecule has 0 radical (unpaired) electrons. The van der Waals surface area contributed by atoms with Crippen molar-refractivity contribution in [3.05, 3.63) is 163 Å². The second kappa shape index (κ2) is 11.3. The van der Waals surface area contributed by atoms with Crippen LogP contribution in [0.15, 0.2) is 161 Å². The van der Waals surface area contributed by atoms with E-state index in [0.29, 0.717) is 16.7 Å². The van der Waals surface area contributed by atoms with Gasteiger partial charge in [-0.25, -0.2) is 8.99 Å². The molecule has 1 N–H and O–H groups in total. The first kappa shape index (κ1) is 29.9. The van der Waals surface area contributed by atoms with Crippen molar-refractivity contribution >= 4 is 26.8 Å². The lowest BCUT2D eigenvalue weighted by Crippen LogP contribution is -2.57. The summed E-state index contributed by atoms with van der Waals surface area (Å²) in [5.41, 5.74) is 9.74. The lowest BCUT2D eigenvalue weighted by atomic mass is 9.42. The Bertz CT molecular complexity index is 2320. The van der Waals surface area contributed by atoms with Gasteiger partial charge in [0.1, 0.15) is 9.73 Å². The minimum Gasteiger partial charge on any atom is -0.310 e. The third-order valence-corrected chi connectivity index (χ3v) is 14.4. The van der Waals surface area contributed by atoms with Crippen molar-refractivity contribution in [3.8, 4) is 22.3 Å². The largest absolute Gasteiger partial charge is 0.310 e. The Labute approximate surface area is 295 Å². The van der Waals surface area contributed by atoms with Crippen molar-refractivity contribution in [2.45, 2.75) is 47.3 Å². The summed E-state index contributed by atoms with van der Waals surface area (Å²) in [6, 6.07) is 53.3. The molecule has 50 heavy (non-hydrogen) atoms. The molecule has 1 aliphatic heterocycles. The summed E-state index contributed by atoms with van der Waals surface area (Å²) in [5.74, 6) is 2.68. The van der Waals surface area contributed by atoms with Crippen LogP contribution in [0.1, 0.15) is 43.2 Å². The normalized spacial score (nSPS) is 27.1. The van der Waals surface area contributed by atoms with Crippen LogP contribution >= 0.6 is 0 Å². The minimum atomic E-state index is -3.26. The molecule has 1 spiro atoms. The summed E-state index contributed by atoms with van der Waals surface area (Å²) in [4.78, 5) is 3.75. The summed E-state index contributed by atoms with van der Waals surface area (Å²) >= 11 is 0. The maximum Gasteiger partial charge on any atom is 0.102 e. The van der Waals surface area contributed by atoms with Crippen LogP contribution in [-0.4, -0.2) is 4.21 Å². The third kappa shape index (κ3) is 4.37. The van der Waals surface area contributed by atoms with Gasteiger partial charge in [-0.15, -0.1) is 0 Å². The number of rotatable bonds is 5. The van der Waals surface area contributed by atoms with Gasteiger partial charge in [-0.2, -0.15) is 0 Å². The van der Waals surface area contributed by atoms with Gasteiger partial charge in [-0.1, -0.05) is 115 Å². The van der Waals surface area contributed by atoms with E-state index in [2.05, 4.69) is 138 Å². The zero-order valence-electron chi connectivity index (χ0n) is 28.0. The maximum atomic E-state index is 15.1. The SMILES string of the molecule is N=S1(=O)c2ccccc2C2(c3ccc(N(c4ccc(-c5ccccc5)cc4)c4ccccc4-c4ccccc4)cc31)C1CC3CC(C1)CC2C3. The van der Waals surface area contributed by atoms with Gasteiger partial charge < -0.3 is 4.90 Å². The van der Waals surface area contributed by atoms with E-state index in [0.717, 1.165) is 56.0 Å². The van der Waals surface area contributed by atoms with E-state index in [4.69, 9.17) is 0 Å². The van der Waals surface area contributed by atoms with E-state index >= 15 is 4.21 Å². The molecule has 4 fully saturated rings. The predicted octanol–water partition coefficient (Wildman–Crippen LogP) is 12.0. The third-order valence-electron chi connectivity index (χ3n) is 12.5. The van der Waals surface area contributed by atoms with E-state index < -0.39 is 9.73 Å². The lowest BCUT2D eigenvalue weighted by molar-refractivity contribution is -0.0445. The molecule has 0 aromatic heterocycles. The summed E-state index contributed by atoms with van der Waals surface area (Å²) in [6.07, 6.45) is 6.35. The van der Waals surface area contributed by atoms with Crippen LogP contribution in [0.3, 0.4) is 0 Å². The number of nitrogens with one attached hydrogen (secondary N) is 1. The summed E-state index contributed by atoms with van der Waals surface area (Å²) in [7, 11) is -3.26. The fourth-order valence-electron chi connectivity index (χ4n) is 10.8. The van der Waals surface area contributed by atoms with Crippen LogP contribution < -0.4 is 4.90 Å². The highest BCUT2D eigenvalue weighted by Crippen LogP contribution is 2.68. The molecule has 0 saturated heterocycles. The fraction of sp³-hybridized carbons (Fsp3) is 0.217. The number of hydrogen-bond acceptors (Lipinski definition) is 3. The molecule has 1 unspecified atom stereocenters. The van der Waals surface area contributed by atoms with E-state index in [1.807, 2.05) is 18.2 Å². The average molecular weight is 669 g/mol. The number of anilines is 3. The van der Waals surface area contributed by atoms with Crippen molar-refractivity contribution in [1.29, 1.82) is 4.78 Å². The zero-order chi connectivity index (χ0) is 33.5. The molecule has 246 valence electrons. The molecule has 1 heterocycles. The summed E-state index contributed by atoms with van der Waals surface area (Å²) in [5, 5.41) is 0. The van der Waals surface area contributed by atoms with Gasteiger partial charge in [-0.3, -0.25) is 0 Å². The molecule has 4 saturated carbocycles. The van der Waals surface area contributed by atoms with Crippen LogP contribution in [0.4, 0.5) is 17.1 Å². The molecule has 6 aromatic carbocycles. The highest BCUT2D eigenvalue weighted by Gasteiger charge is 2.61. The molecule has 4 heteroatoms. The van der Waals surface area contributed by atoms with Gasteiger partial charge in [0.25, 0.3) is 0 Å². The Morgan fingerprint density at radius 1 is 0.520 bits per heavy atom. The van der Waals surface area contributed by atoms with Crippen LogP contribution in [0.2, 0.25) is 0 Å². The van der Waals surface area contributed by atoms with Gasteiger partial charge in [0.15, 0.2) is 0 Å². The van der Waals surface area contributed by atoms with Crippen molar-refractivity contribution in [1.82, 2.24) is 0 Å². The van der Waals surface area contributed by atoms with Gasteiger partial charge in [0, 0.05) is 22.4 Å². The second-order valence-electron chi connectivity index (χ2n) is 15.0. The van der Waals surface area contributed by atoms with Gasteiger partial charge >= 0.3 is 0 Å². The molecule has 1 atom stereocenters. The Morgan fingerprint density at radius 3 is 1.76 bits per heavy atom. The molecule has 3 nitrogen and oxygen atoms in total. The molecule has 4 aliphatic carbocycles. The Balaban J connectivity index is 1.19. The topological polar surface area (TPSA) is 44.2 Å². The number of nitrogens with zero attached hydrogens (tertiary/aromatic N) is 1. The number of fused-ring (bicyclic) bond motifs is 2. The number of hydrogen-bond donors (Lipinski definition) is 1. The maximum absolute atomic E-state index is 15.1. The predicted molar refractivity (Wildman–Crippen MR) is 204 cm³/mol. The summed E-state index contributed by atoms with van der Waals surface area (Å²) in [6.45, 7) is 0. The first-order valence-corrected chi connectivity index (χ1v) is 19.7. The fourth-order valence-corrected chi connectivity index (χ4v) is 12.6. The molecular formula is C46H40N2OS. The molecular weight excluding hydrogens is 629 g/mol. The average Bonchev–Trinajstić information content (AvgIpc) is 3.16. The van der Waals surface area contributed by atoms with Gasteiger partial charge in [0.05, 0.1) is 15.5 Å². The Kier molecular flexibility index (Phi) is 6.76. The van der Waals surface area contributed by atoms with Gasteiger partial charge in [-0.05, 0) is 120 Å². The van der Waals surface area contributed by atoms with Crippen LogP contribution in [-0.2, 0) is 15.1 Å². The molecule has 5 aliphatic rings. The van der Waals surface area contributed by atoms with E-state index in [1.54, 1.807) is 0 Å². The first-order chi connectivity index (χ1) is 24.5. The monoisotopic (exact) mass is 668 g/mol. The Hall–Kier alpha value is -4.93. The van der Waals surface area contributed by atoms with Crippen molar-refractivity contribution < 1.29 is 4.21 Å². The summed E-state index contributed by atoms with van der Waals surface area (Å²) < 4.78 is 24.8. The molecule has 0 amide bonds. The molecule has 11 rings (SSSR count).